The van der Waals surface area contributed by atoms with Gasteiger partial charge in [0.15, 0.2) is 0 Å². The molecule has 1 aromatic rings. The molecule has 0 bridgehead atoms. The van der Waals surface area contributed by atoms with Crippen molar-refractivity contribution in [2.75, 3.05) is 0 Å². The van der Waals surface area contributed by atoms with Gasteiger partial charge in [-0.2, -0.15) is 0 Å². The number of primary sulfonamides is 1. The summed E-state index contributed by atoms with van der Waals surface area (Å²) in [5.41, 5.74) is 0.157. The molecule has 0 aliphatic rings. The molecule has 0 heterocycles. The lowest BCUT2D eigenvalue weighted by Gasteiger charge is -2.17. The van der Waals surface area contributed by atoms with E-state index in [-0.39, 0.29) is 16.4 Å². The first-order chi connectivity index (χ1) is 9.12. The second-order valence-corrected chi connectivity index (χ2v) is 6.16. The highest BCUT2D eigenvalue weighted by Gasteiger charge is 2.24. The largest absolute Gasteiger partial charge is 0.480 e. The van der Waals surface area contributed by atoms with E-state index in [1.807, 2.05) is 0 Å². The molecule has 8 heteroatoms. The van der Waals surface area contributed by atoms with E-state index in [2.05, 4.69) is 5.32 Å². The van der Waals surface area contributed by atoms with Gasteiger partial charge in [-0.25, -0.2) is 18.4 Å². The number of nitrogens with one attached hydrogen (secondary N) is 1. The van der Waals surface area contributed by atoms with Crippen molar-refractivity contribution in [3.05, 3.63) is 29.8 Å². The molecule has 0 aliphatic heterocycles. The van der Waals surface area contributed by atoms with Crippen molar-refractivity contribution in [1.82, 2.24) is 5.32 Å². The Hall–Kier alpha value is -1.93. The molecule has 0 saturated carbocycles. The number of carboxylic acid groups (broad SMARTS) is 1. The average Bonchev–Trinajstić information content (AvgIpc) is 2.34. The van der Waals surface area contributed by atoms with Crippen molar-refractivity contribution in [3.8, 4) is 0 Å². The Morgan fingerprint density at radius 2 is 1.70 bits per heavy atom. The molecule has 1 rings (SSSR count). The van der Waals surface area contributed by atoms with Gasteiger partial charge in [0.2, 0.25) is 10.0 Å². The van der Waals surface area contributed by atoms with E-state index in [0.717, 1.165) is 0 Å². The summed E-state index contributed by atoms with van der Waals surface area (Å²) in [6.07, 6.45) is 0. The Bertz CT molecular complexity index is 607. The van der Waals surface area contributed by atoms with Crippen molar-refractivity contribution in [2.24, 2.45) is 11.1 Å². The smallest absolute Gasteiger partial charge is 0.326 e. The fraction of sp³-hybridized carbons (Fsp3) is 0.333. The maximum absolute atomic E-state index is 11.9. The van der Waals surface area contributed by atoms with Crippen LogP contribution < -0.4 is 10.5 Å². The van der Waals surface area contributed by atoms with E-state index < -0.39 is 27.9 Å². The number of amides is 1. The lowest BCUT2D eigenvalue weighted by Crippen LogP contribution is -2.44. The average molecular weight is 300 g/mol. The van der Waals surface area contributed by atoms with Gasteiger partial charge in [-0.15, -0.1) is 0 Å². The number of rotatable bonds is 5. The van der Waals surface area contributed by atoms with Gasteiger partial charge in [0.25, 0.3) is 5.91 Å². The molecule has 1 aromatic carbocycles. The van der Waals surface area contributed by atoms with Crippen LogP contribution in [0, 0.1) is 5.92 Å². The number of hydrogen-bond acceptors (Lipinski definition) is 4. The fourth-order valence-corrected chi connectivity index (χ4v) is 2.05. The van der Waals surface area contributed by atoms with Crippen molar-refractivity contribution >= 4 is 21.9 Å². The zero-order chi connectivity index (χ0) is 15.5. The third-order valence-electron chi connectivity index (χ3n) is 2.66. The van der Waals surface area contributed by atoms with Crippen LogP contribution in [-0.4, -0.2) is 31.4 Å². The highest BCUT2D eigenvalue weighted by Crippen LogP contribution is 2.10. The normalized spacial score (nSPS) is 13.0. The number of sulfonamides is 1. The number of carbonyl (C=O) groups is 2. The summed E-state index contributed by atoms with van der Waals surface area (Å²) in [6.45, 7) is 3.34. The minimum Gasteiger partial charge on any atom is -0.480 e. The zero-order valence-electron chi connectivity index (χ0n) is 11.0. The van der Waals surface area contributed by atoms with Crippen LogP contribution in [0.5, 0.6) is 0 Å². The van der Waals surface area contributed by atoms with Crippen LogP contribution in [0.3, 0.4) is 0 Å². The lowest BCUT2D eigenvalue weighted by atomic mass is 10.0. The quantitative estimate of drug-likeness (QED) is 0.714. The van der Waals surface area contributed by atoms with Crippen LogP contribution in [-0.2, 0) is 14.8 Å². The van der Waals surface area contributed by atoms with E-state index in [9.17, 15) is 18.0 Å². The van der Waals surface area contributed by atoms with Crippen LogP contribution in [0.4, 0.5) is 0 Å². The Morgan fingerprint density at radius 3 is 2.05 bits per heavy atom. The second-order valence-electron chi connectivity index (χ2n) is 4.60. The topological polar surface area (TPSA) is 127 Å². The summed E-state index contributed by atoms with van der Waals surface area (Å²) < 4.78 is 22.1. The Kier molecular flexibility index (Phi) is 4.85. The van der Waals surface area contributed by atoms with Crippen LogP contribution in [0.25, 0.3) is 0 Å². The molecule has 0 fully saturated rings. The first kappa shape index (κ1) is 16.1. The maximum Gasteiger partial charge on any atom is 0.326 e. The highest BCUT2D eigenvalue weighted by molar-refractivity contribution is 7.89. The molecule has 110 valence electrons. The summed E-state index contributed by atoms with van der Waals surface area (Å²) >= 11 is 0. The van der Waals surface area contributed by atoms with Crippen molar-refractivity contribution < 1.29 is 23.1 Å². The van der Waals surface area contributed by atoms with Gasteiger partial charge < -0.3 is 10.4 Å². The van der Waals surface area contributed by atoms with Crippen molar-refractivity contribution in [2.45, 2.75) is 24.8 Å². The van der Waals surface area contributed by atoms with E-state index in [1.54, 1.807) is 13.8 Å². The second kappa shape index (κ2) is 6.02. The number of aliphatic carboxylic acids is 1. The zero-order valence-corrected chi connectivity index (χ0v) is 11.8. The van der Waals surface area contributed by atoms with Crippen LogP contribution in [0.15, 0.2) is 29.2 Å². The van der Waals surface area contributed by atoms with Gasteiger partial charge in [-0.1, -0.05) is 13.8 Å². The highest BCUT2D eigenvalue weighted by atomic mass is 32.2. The molecule has 0 spiro atoms. The van der Waals surface area contributed by atoms with E-state index in [4.69, 9.17) is 10.2 Å². The van der Waals surface area contributed by atoms with Crippen molar-refractivity contribution in [3.63, 3.8) is 0 Å². The minimum absolute atomic E-state index is 0.118. The van der Waals surface area contributed by atoms with Crippen LogP contribution in [0.1, 0.15) is 24.2 Å². The van der Waals surface area contributed by atoms with E-state index in [0.29, 0.717) is 0 Å². The Labute approximate surface area is 116 Å². The number of carboxylic acids is 1. The van der Waals surface area contributed by atoms with Crippen LogP contribution in [0.2, 0.25) is 0 Å². The summed E-state index contributed by atoms with van der Waals surface area (Å²) in [6, 6.07) is 3.91. The van der Waals surface area contributed by atoms with Gasteiger partial charge in [0, 0.05) is 5.56 Å². The molecule has 1 atom stereocenters. The molecule has 0 saturated heterocycles. The third kappa shape index (κ3) is 4.04. The molecule has 1 amide bonds. The summed E-state index contributed by atoms with van der Waals surface area (Å²) in [5, 5.41) is 16.3. The number of carbonyl (C=O) groups excluding carboxylic acids is 1. The molecule has 0 aliphatic carbocycles. The van der Waals surface area contributed by atoms with Gasteiger partial charge in [-0.3, -0.25) is 4.79 Å². The van der Waals surface area contributed by atoms with E-state index in [1.165, 1.54) is 24.3 Å². The fourth-order valence-electron chi connectivity index (χ4n) is 1.53. The standard InChI is InChI=1S/C12H16N2O5S/c1-7(2)10(12(16)17)14-11(15)8-3-5-9(6-4-8)20(13,18)19/h3-7,10H,1-2H3,(H,14,15)(H,16,17)(H2,13,18,19)/t10-/m0/s1. The van der Waals surface area contributed by atoms with Gasteiger partial charge >= 0.3 is 5.97 Å². The first-order valence-corrected chi connectivity index (χ1v) is 7.34. The minimum atomic E-state index is -3.82. The molecular weight excluding hydrogens is 284 g/mol. The molecular formula is C12H16N2O5S. The predicted molar refractivity (Wildman–Crippen MR) is 71.5 cm³/mol. The SMILES string of the molecule is CC(C)[C@H](NC(=O)c1ccc(S(N)(=O)=O)cc1)C(=O)O. The molecule has 7 nitrogen and oxygen atoms in total. The summed E-state index contributed by atoms with van der Waals surface area (Å²) in [7, 11) is -3.82. The molecule has 0 unspecified atom stereocenters. The number of benzene rings is 1. The lowest BCUT2D eigenvalue weighted by molar-refractivity contribution is -0.140. The molecule has 0 aromatic heterocycles. The molecule has 0 radical (unpaired) electrons. The maximum atomic E-state index is 11.9. The third-order valence-corrected chi connectivity index (χ3v) is 3.59. The number of nitrogens with two attached hydrogens (primary N) is 1. The van der Waals surface area contributed by atoms with E-state index >= 15 is 0 Å². The number of hydrogen-bond donors (Lipinski definition) is 3. The molecule has 20 heavy (non-hydrogen) atoms. The van der Waals surface area contributed by atoms with Gasteiger partial charge in [0.1, 0.15) is 6.04 Å². The van der Waals surface area contributed by atoms with Gasteiger partial charge in [-0.05, 0) is 30.2 Å². The van der Waals surface area contributed by atoms with Crippen LogP contribution >= 0.6 is 0 Å². The Morgan fingerprint density at radius 1 is 1.20 bits per heavy atom. The summed E-state index contributed by atoms with van der Waals surface area (Å²) in [5.74, 6) is -2.00. The molecule has 4 N–H and O–H groups in total. The predicted octanol–water partition coefficient (Wildman–Crippen LogP) is 0.173. The van der Waals surface area contributed by atoms with Gasteiger partial charge in [0.05, 0.1) is 4.90 Å². The Balaban J connectivity index is 2.91. The van der Waals surface area contributed by atoms with Crippen molar-refractivity contribution in [1.29, 1.82) is 0 Å². The monoisotopic (exact) mass is 300 g/mol. The summed E-state index contributed by atoms with van der Waals surface area (Å²) in [4.78, 5) is 22.7. The first-order valence-electron chi connectivity index (χ1n) is 5.79.